The highest BCUT2D eigenvalue weighted by atomic mass is 19.4. The number of nitrogens with zero attached hydrogens (tertiary/aromatic N) is 4. The summed E-state index contributed by atoms with van der Waals surface area (Å²) < 4.78 is 42.9. The number of aromatic nitrogens is 3. The highest BCUT2D eigenvalue weighted by Gasteiger charge is 2.40. The van der Waals surface area contributed by atoms with Gasteiger partial charge in [-0.05, 0) is 46.5 Å². The van der Waals surface area contributed by atoms with Gasteiger partial charge < -0.3 is 14.6 Å². The third-order valence-electron chi connectivity index (χ3n) is 5.94. The second-order valence-electron chi connectivity index (χ2n) is 8.08. The first-order valence-corrected chi connectivity index (χ1v) is 10.5. The Kier molecular flexibility index (Phi) is 5.21. The molecule has 172 valence electrons. The summed E-state index contributed by atoms with van der Waals surface area (Å²) in [7, 11) is 1.83. The van der Waals surface area contributed by atoms with Gasteiger partial charge in [-0.25, -0.2) is 0 Å². The van der Waals surface area contributed by atoms with E-state index in [1.54, 1.807) is 29.1 Å². The molecule has 1 amide bonds. The van der Waals surface area contributed by atoms with Gasteiger partial charge in [0.25, 0.3) is 5.91 Å². The number of alkyl halides is 3. The SMILES string of the molecule is Cn1cnnc1-c1ccccc1-c1cccc(N2Cc3c(cc(CO)cc3C(F)(F)F)C2=O)c1. The standard InChI is InChI=1S/C25H19F3N4O2/c1-31-14-29-30-23(31)19-8-3-2-7-18(19)16-5-4-6-17(11-16)32-12-21-20(24(32)34)9-15(13-33)10-22(21)25(26,27)28/h2-11,14,33H,12-13H2,1H3. The van der Waals surface area contributed by atoms with Crippen LogP contribution >= 0.6 is 0 Å². The van der Waals surface area contributed by atoms with E-state index in [0.717, 1.165) is 22.8 Å². The molecule has 0 unspecified atom stereocenters. The number of fused-ring (bicyclic) bond motifs is 1. The third kappa shape index (κ3) is 3.63. The smallest absolute Gasteiger partial charge is 0.392 e. The molecule has 0 fully saturated rings. The third-order valence-corrected chi connectivity index (χ3v) is 5.94. The maximum Gasteiger partial charge on any atom is 0.416 e. The van der Waals surface area contributed by atoms with Crippen molar-refractivity contribution in [2.24, 2.45) is 7.05 Å². The Morgan fingerprint density at radius 3 is 2.44 bits per heavy atom. The lowest BCUT2D eigenvalue weighted by molar-refractivity contribution is -0.138. The number of benzene rings is 3. The predicted octanol–water partition coefficient (Wildman–Crippen LogP) is 4.82. The number of aliphatic hydroxyl groups excluding tert-OH is 1. The minimum atomic E-state index is -4.64. The van der Waals surface area contributed by atoms with E-state index in [0.29, 0.717) is 11.5 Å². The molecule has 2 heterocycles. The minimum Gasteiger partial charge on any atom is -0.392 e. The molecular formula is C25H19F3N4O2. The van der Waals surface area contributed by atoms with Gasteiger partial charge in [0.15, 0.2) is 5.82 Å². The zero-order valence-corrected chi connectivity index (χ0v) is 18.0. The van der Waals surface area contributed by atoms with E-state index < -0.39 is 24.3 Å². The van der Waals surface area contributed by atoms with E-state index in [1.807, 2.05) is 37.4 Å². The lowest BCUT2D eigenvalue weighted by atomic mass is 9.98. The topological polar surface area (TPSA) is 71.2 Å². The van der Waals surface area contributed by atoms with Gasteiger partial charge in [-0.3, -0.25) is 4.79 Å². The van der Waals surface area contributed by atoms with Crippen LogP contribution in [-0.2, 0) is 26.4 Å². The fourth-order valence-corrected chi connectivity index (χ4v) is 4.32. The molecule has 1 N–H and O–H groups in total. The first-order chi connectivity index (χ1) is 16.3. The van der Waals surface area contributed by atoms with Crippen molar-refractivity contribution >= 4 is 11.6 Å². The van der Waals surface area contributed by atoms with Gasteiger partial charge in [-0.15, -0.1) is 10.2 Å². The molecule has 9 heteroatoms. The summed E-state index contributed by atoms with van der Waals surface area (Å²) >= 11 is 0. The molecule has 1 aromatic heterocycles. The van der Waals surface area contributed by atoms with Crippen LogP contribution in [0.15, 0.2) is 67.0 Å². The van der Waals surface area contributed by atoms with Crippen LogP contribution in [0.1, 0.15) is 27.0 Å². The molecular weight excluding hydrogens is 445 g/mol. The number of hydrogen-bond donors (Lipinski definition) is 1. The van der Waals surface area contributed by atoms with Crippen molar-refractivity contribution in [1.29, 1.82) is 0 Å². The molecule has 0 bridgehead atoms. The summed E-state index contributed by atoms with van der Waals surface area (Å²) in [4.78, 5) is 14.5. The highest BCUT2D eigenvalue weighted by Crippen LogP contribution is 2.40. The molecule has 0 aliphatic carbocycles. The Hall–Kier alpha value is -3.98. The quantitative estimate of drug-likeness (QED) is 0.470. The number of amides is 1. The Bertz CT molecular complexity index is 1410. The van der Waals surface area contributed by atoms with Gasteiger partial charge in [-0.1, -0.05) is 36.4 Å². The van der Waals surface area contributed by atoms with Crippen molar-refractivity contribution in [3.05, 3.63) is 89.2 Å². The first kappa shape index (κ1) is 21.8. The lowest BCUT2D eigenvalue weighted by Gasteiger charge is -2.18. The molecule has 3 aromatic carbocycles. The molecule has 0 saturated heterocycles. The zero-order valence-electron chi connectivity index (χ0n) is 18.0. The predicted molar refractivity (Wildman–Crippen MR) is 120 cm³/mol. The largest absolute Gasteiger partial charge is 0.416 e. The summed E-state index contributed by atoms with van der Waals surface area (Å²) in [5.74, 6) is 0.131. The van der Waals surface area contributed by atoms with Crippen molar-refractivity contribution in [1.82, 2.24) is 14.8 Å². The molecule has 0 atom stereocenters. The fourth-order valence-electron chi connectivity index (χ4n) is 4.32. The number of rotatable bonds is 4. The number of aliphatic hydroxyl groups is 1. The zero-order chi connectivity index (χ0) is 24.0. The van der Waals surface area contributed by atoms with Gasteiger partial charge in [0.2, 0.25) is 0 Å². The van der Waals surface area contributed by atoms with Crippen molar-refractivity contribution in [2.75, 3.05) is 4.90 Å². The van der Waals surface area contributed by atoms with Crippen LogP contribution < -0.4 is 4.90 Å². The number of aryl methyl sites for hydroxylation is 1. The molecule has 1 aliphatic rings. The average Bonchev–Trinajstić information content (AvgIpc) is 3.41. The molecule has 6 nitrogen and oxygen atoms in total. The molecule has 0 spiro atoms. The van der Waals surface area contributed by atoms with Crippen LogP contribution in [0.3, 0.4) is 0 Å². The Morgan fingerprint density at radius 2 is 1.76 bits per heavy atom. The molecule has 34 heavy (non-hydrogen) atoms. The van der Waals surface area contributed by atoms with Crippen LogP contribution in [0.2, 0.25) is 0 Å². The maximum absolute atomic E-state index is 13.7. The Balaban J connectivity index is 1.57. The summed E-state index contributed by atoms with van der Waals surface area (Å²) in [6, 6.07) is 16.9. The van der Waals surface area contributed by atoms with Gasteiger partial charge in [0.1, 0.15) is 6.33 Å². The average molecular weight is 464 g/mol. The van der Waals surface area contributed by atoms with Gasteiger partial charge in [0.05, 0.1) is 18.7 Å². The van der Waals surface area contributed by atoms with Crippen molar-refractivity contribution < 1.29 is 23.1 Å². The molecule has 0 saturated carbocycles. The number of carbonyl (C=O) groups is 1. The number of halogens is 3. The van der Waals surface area contributed by atoms with Crippen LogP contribution in [-0.4, -0.2) is 25.8 Å². The summed E-state index contributed by atoms with van der Waals surface area (Å²) in [6.45, 7) is -0.791. The van der Waals surface area contributed by atoms with E-state index in [-0.39, 0.29) is 23.2 Å². The van der Waals surface area contributed by atoms with E-state index in [4.69, 9.17) is 0 Å². The molecule has 0 radical (unpaired) electrons. The monoisotopic (exact) mass is 464 g/mol. The minimum absolute atomic E-state index is 0.0382. The summed E-state index contributed by atoms with van der Waals surface area (Å²) in [5.41, 5.74) is 1.98. The summed E-state index contributed by atoms with van der Waals surface area (Å²) in [5, 5.41) is 17.5. The van der Waals surface area contributed by atoms with Crippen LogP contribution in [0, 0.1) is 0 Å². The second kappa shape index (κ2) is 8.11. The molecule has 5 rings (SSSR count). The molecule has 1 aliphatic heterocycles. The van der Waals surface area contributed by atoms with Crippen molar-refractivity contribution in [3.63, 3.8) is 0 Å². The van der Waals surface area contributed by atoms with E-state index in [1.165, 1.54) is 11.0 Å². The Morgan fingerprint density at radius 1 is 1.00 bits per heavy atom. The first-order valence-electron chi connectivity index (χ1n) is 10.5. The van der Waals surface area contributed by atoms with Gasteiger partial charge in [-0.2, -0.15) is 13.2 Å². The van der Waals surface area contributed by atoms with E-state index >= 15 is 0 Å². The van der Waals surface area contributed by atoms with Crippen molar-refractivity contribution in [2.45, 2.75) is 19.3 Å². The van der Waals surface area contributed by atoms with Gasteiger partial charge in [0, 0.05) is 23.9 Å². The van der Waals surface area contributed by atoms with Crippen LogP contribution in [0.5, 0.6) is 0 Å². The second-order valence-corrected chi connectivity index (χ2v) is 8.08. The highest BCUT2D eigenvalue weighted by molar-refractivity contribution is 6.10. The number of anilines is 1. The van der Waals surface area contributed by atoms with Crippen LogP contribution in [0.25, 0.3) is 22.5 Å². The molecule has 4 aromatic rings. The van der Waals surface area contributed by atoms with Gasteiger partial charge >= 0.3 is 6.18 Å². The normalized spacial score (nSPS) is 13.4. The number of carbonyl (C=O) groups excluding carboxylic acids is 1. The Labute approximate surface area is 192 Å². The lowest BCUT2D eigenvalue weighted by Crippen LogP contribution is -2.23. The number of hydrogen-bond acceptors (Lipinski definition) is 4. The fraction of sp³-hybridized carbons (Fsp3) is 0.160. The maximum atomic E-state index is 13.7. The van der Waals surface area contributed by atoms with E-state index in [9.17, 15) is 23.1 Å². The van der Waals surface area contributed by atoms with Crippen LogP contribution in [0.4, 0.5) is 18.9 Å². The van der Waals surface area contributed by atoms with E-state index in [2.05, 4.69) is 10.2 Å². The summed E-state index contributed by atoms with van der Waals surface area (Å²) in [6.07, 6.45) is -3.04. The van der Waals surface area contributed by atoms with Crippen molar-refractivity contribution in [3.8, 4) is 22.5 Å².